The van der Waals surface area contributed by atoms with Gasteiger partial charge in [0.25, 0.3) is 0 Å². The van der Waals surface area contributed by atoms with Crippen molar-refractivity contribution in [1.82, 2.24) is 4.90 Å². The van der Waals surface area contributed by atoms with E-state index in [4.69, 9.17) is 10.8 Å². The molecule has 108 valence electrons. The third-order valence-corrected chi connectivity index (χ3v) is 3.72. The summed E-state index contributed by atoms with van der Waals surface area (Å²) < 4.78 is 0. The number of nitrogens with zero attached hydrogens (tertiary/aromatic N) is 1. The highest BCUT2D eigenvalue weighted by Crippen LogP contribution is 2.18. The van der Waals surface area contributed by atoms with E-state index in [1.807, 2.05) is 7.05 Å². The fourth-order valence-corrected chi connectivity index (χ4v) is 2.12. The molecule has 1 aromatic rings. The molecule has 0 aromatic heterocycles. The van der Waals surface area contributed by atoms with E-state index in [1.54, 1.807) is 0 Å². The number of hydrogen-bond donors (Lipinski definition) is 2. The van der Waals surface area contributed by atoms with Crippen molar-refractivity contribution in [3.63, 3.8) is 0 Å². The van der Waals surface area contributed by atoms with E-state index >= 15 is 0 Å². The summed E-state index contributed by atoms with van der Waals surface area (Å²) in [5.74, 6) is 0.638. The maximum Gasteiger partial charge on any atom is 0.0595 e. The minimum absolute atomic E-state index is 0.0495. The Balaban J connectivity index is 2.41. The van der Waals surface area contributed by atoms with Crippen molar-refractivity contribution in [3.05, 3.63) is 35.4 Å². The van der Waals surface area contributed by atoms with E-state index < -0.39 is 0 Å². The van der Waals surface area contributed by atoms with Crippen molar-refractivity contribution in [1.29, 1.82) is 0 Å². The van der Waals surface area contributed by atoms with E-state index in [2.05, 4.69) is 43.0 Å². The molecule has 0 aliphatic carbocycles. The van der Waals surface area contributed by atoms with E-state index in [-0.39, 0.29) is 12.6 Å². The predicted octanol–water partition coefficient (Wildman–Crippen LogP) is 1.99. The molecule has 3 nitrogen and oxygen atoms in total. The average molecular weight is 264 g/mol. The third kappa shape index (κ3) is 5.72. The molecule has 19 heavy (non-hydrogen) atoms. The van der Waals surface area contributed by atoms with Gasteiger partial charge in [-0.1, -0.05) is 38.1 Å². The monoisotopic (exact) mass is 264 g/mol. The highest BCUT2D eigenvalue weighted by atomic mass is 16.3. The molecule has 3 heteroatoms. The van der Waals surface area contributed by atoms with E-state index in [1.165, 1.54) is 17.5 Å². The molecule has 0 spiro atoms. The molecule has 2 atom stereocenters. The molecule has 0 fully saturated rings. The molecule has 0 saturated heterocycles. The molecule has 3 N–H and O–H groups in total. The van der Waals surface area contributed by atoms with Gasteiger partial charge >= 0.3 is 0 Å². The first-order valence-corrected chi connectivity index (χ1v) is 7.20. The van der Waals surface area contributed by atoms with Gasteiger partial charge in [-0.25, -0.2) is 0 Å². The molecule has 0 amide bonds. The van der Waals surface area contributed by atoms with Gasteiger partial charge < -0.3 is 15.7 Å². The van der Waals surface area contributed by atoms with Gasteiger partial charge in [-0.05, 0) is 36.9 Å². The number of rotatable bonds is 8. The van der Waals surface area contributed by atoms with Crippen LogP contribution in [0.25, 0.3) is 0 Å². The van der Waals surface area contributed by atoms with Crippen molar-refractivity contribution >= 4 is 0 Å². The lowest BCUT2D eigenvalue weighted by Gasteiger charge is -2.20. The topological polar surface area (TPSA) is 49.5 Å². The van der Waals surface area contributed by atoms with Gasteiger partial charge in [0, 0.05) is 19.1 Å². The van der Waals surface area contributed by atoms with E-state index in [0.717, 1.165) is 19.5 Å². The first-order chi connectivity index (χ1) is 9.06. The van der Waals surface area contributed by atoms with Gasteiger partial charge in [0.2, 0.25) is 0 Å². The third-order valence-electron chi connectivity index (χ3n) is 3.72. The normalized spacial score (nSPS) is 14.6. The maximum atomic E-state index is 8.92. The van der Waals surface area contributed by atoms with E-state index in [9.17, 15) is 0 Å². The second kappa shape index (κ2) is 8.31. The molecule has 0 radical (unpaired) electrons. The van der Waals surface area contributed by atoms with Crippen LogP contribution in [0.2, 0.25) is 0 Å². The molecule has 1 rings (SSSR count). The van der Waals surface area contributed by atoms with Crippen molar-refractivity contribution in [2.75, 3.05) is 26.7 Å². The van der Waals surface area contributed by atoms with Crippen LogP contribution in [0.5, 0.6) is 0 Å². The lowest BCUT2D eigenvalue weighted by molar-refractivity contribution is 0.223. The van der Waals surface area contributed by atoms with Crippen molar-refractivity contribution in [2.45, 2.75) is 38.6 Å². The molecule has 1 aromatic carbocycles. The molecule has 0 heterocycles. The van der Waals surface area contributed by atoms with Crippen molar-refractivity contribution in [3.8, 4) is 0 Å². The lowest BCUT2D eigenvalue weighted by Crippen LogP contribution is -2.38. The molecule has 0 aliphatic rings. The van der Waals surface area contributed by atoms with Crippen LogP contribution in [0.3, 0.4) is 0 Å². The molecular weight excluding hydrogens is 236 g/mol. The first kappa shape index (κ1) is 16.2. The van der Waals surface area contributed by atoms with Gasteiger partial charge in [-0.3, -0.25) is 0 Å². The number of hydrogen-bond acceptors (Lipinski definition) is 3. The van der Waals surface area contributed by atoms with Gasteiger partial charge in [0.05, 0.1) is 6.61 Å². The second-order valence-electron chi connectivity index (χ2n) is 5.51. The SMILES string of the molecule is CCC(C)c1ccc(CCN(C)CC(N)CO)cc1. The molecule has 0 bridgehead atoms. The standard InChI is InChI=1S/C16H28N2O/c1-4-13(2)15-7-5-14(6-8-15)9-10-18(3)11-16(17)12-19/h5-8,13,16,19H,4,9-12,17H2,1-3H3. The summed E-state index contributed by atoms with van der Waals surface area (Å²) in [6, 6.07) is 8.78. The summed E-state index contributed by atoms with van der Waals surface area (Å²) in [6.45, 7) is 6.24. The Bertz CT molecular complexity index is 350. The summed E-state index contributed by atoms with van der Waals surface area (Å²) in [5, 5.41) is 8.92. The number of nitrogens with two attached hydrogens (primary N) is 1. The Hall–Kier alpha value is -0.900. The van der Waals surface area contributed by atoms with Crippen molar-refractivity contribution < 1.29 is 5.11 Å². The lowest BCUT2D eigenvalue weighted by atomic mass is 9.97. The average Bonchev–Trinajstić information content (AvgIpc) is 2.44. The first-order valence-electron chi connectivity index (χ1n) is 7.20. The van der Waals surface area contributed by atoms with Gasteiger partial charge in [-0.2, -0.15) is 0 Å². The Kier molecular flexibility index (Phi) is 7.06. The predicted molar refractivity (Wildman–Crippen MR) is 81.4 cm³/mol. The van der Waals surface area contributed by atoms with Crippen LogP contribution in [0.15, 0.2) is 24.3 Å². The molecular formula is C16H28N2O. The van der Waals surface area contributed by atoms with Crippen LogP contribution >= 0.6 is 0 Å². The highest BCUT2D eigenvalue weighted by Gasteiger charge is 2.06. The Morgan fingerprint density at radius 2 is 1.89 bits per heavy atom. The van der Waals surface area contributed by atoms with Gasteiger partial charge in [0.15, 0.2) is 0 Å². The Morgan fingerprint density at radius 3 is 2.42 bits per heavy atom. The Morgan fingerprint density at radius 1 is 1.26 bits per heavy atom. The van der Waals surface area contributed by atoms with Gasteiger partial charge in [-0.15, -0.1) is 0 Å². The summed E-state index contributed by atoms with van der Waals surface area (Å²) >= 11 is 0. The van der Waals surface area contributed by atoms with Crippen LogP contribution in [-0.2, 0) is 6.42 Å². The van der Waals surface area contributed by atoms with Crippen LogP contribution in [-0.4, -0.2) is 42.8 Å². The van der Waals surface area contributed by atoms with E-state index in [0.29, 0.717) is 5.92 Å². The van der Waals surface area contributed by atoms with Crippen LogP contribution in [0.4, 0.5) is 0 Å². The minimum Gasteiger partial charge on any atom is -0.395 e. The highest BCUT2D eigenvalue weighted by molar-refractivity contribution is 5.25. The number of benzene rings is 1. The second-order valence-corrected chi connectivity index (χ2v) is 5.51. The summed E-state index contributed by atoms with van der Waals surface area (Å²) in [4.78, 5) is 2.17. The number of aliphatic hydroxyl groups excluding tert-OH is 1. The summed E-state index contributed by atoms with van der Waals surface area (Å²) in [7, 11) is 2.04. The number of likely N-dealkylation sites (N-methyl/N-ethyl adjacent to an activating group) is 1. The quantitative estimate of drug-likeness (QED) is 0.755. The molecule has 2 unspecified atom stereocenters. The zero-order chi connectivity index (χ0) is 14.3. The zero-order valence-electron chi connectivity index (χ0n) is 12.5. The maximum absolute atomic E-state index is 8.92. The van der Waals surface area contributed by atoms with Crippen LogP contribution in [0.1, 0.15) is 37.3 Å². The minimum atomic E-state index is -0.141. The fourth-order valence-electron chi connectivity index (χ4n) is 2.12. The fraction of sp³-hybridized carbons (Fsp3) is 0.625. The van der Waals surface area contributed by atoms with Gasteiger partial charge in [0.1, 0.15) is 0 Å². The largest absolute Gasteiger partial charge is 0.395 e. The molecule has 0 saturated carbocycles. The molecule has 0 aliphatic heterocycles. The van der Waals surface area contributed by atoms with Crippen molar-refractivity contribution in [2.24, 2.45) is 5.73 Å². The number of aliphatic hydroxyl groups is 1. The van der Waals surface area contributed by atoms with Crippen LogP contribution in [0, 0.1) is 0 Å². The zero-order valence-corrected chi connectivity index (χ0v) is 12.5. The van der Waals surface area contributed by atoms with Crippen LogP contribution < -0.4 is 5.73 Å². The summed E-state index contributed by atoms with van der Waals surface area (Å²) in [6.07, 6.45) is 2.20. The smallest absolute Gasteiger partial charge is 0.0595 e. The summed E-state index contributed by atoms with van der Waals surface area (Å²) in [5.41, 5.74) is 8.50. The Labute approximate surface area is 117 Å².